The second-order valence-corrected chi connectivity index (χ2v) is 7.16. The van der Waals surface area contributed by atoms with Crippen LogP contribution in [0.5, 0.6) is 0 Å². The van der Waals surface area contributed by atoms with Crippen LogP contribution in [0.1, 0.15) is 32.6 Å². The number of benzene rings is 2. The number of esters is 1. The van der Waals surface area contributed by atoms with E-state index in [4.69, 9.17) is 20.8 Å². The average Bonchev–Trinajstić information content (AvgIpc) is 3.17. The van der Waals surface area contributed by atoms with Crippen LogP contribution < -0.4 is 5.32 Å². The molecule has 3 aromatic rings. The van der Waals surface area contributed by atoms with Crippen molar-refractivity contribution in [3.05, 3.63) is 93.3 Å². The number of rotatable bonds is 7. The van der Waals surface area contributed by atoms with E-state index in [1.54, 1.807) is 60.7 Å². The minimum Gasteiger partial charge on any atom is -0.448 e. The first-order valence-electron chi connectivity index (χ1n) is 8.52. The van der Waals surface area contributed by atoms with Crippen molar-refractivity contribution in [3.8, 4) is 0 Å². The lowest BCUT2D eigenvalue weighted by Gasteiger charge is -2.18. The highest BCUT2D eigenvalue weighted by Crippen LogP contribution is 2.24. The van der Waals surface area contributed by atoms with Crippen LogP contribution in [0, 0.1) is 0 Å². The summed E-state index contributed by atoms with van der Waals surface area (Å²) >= 11 is 9.01. The predicted octanol–water partition coefficient (Wildman–Crippen LogP) is 4.59. The van der Waals surface area contributed by atoms with E-state index in [1.165, 1.54) is 6.07 Å². The molecule has 0 fully saturated rings. The number of hydrogen-bond acceptors (Lipinski definition) is 5. The SMILES string of the molecule is O=C(CNC(=O)c1ccc(Br)o1)OC(C(=O)c1ccccc1)c1ccc(Cl)cc1. The smallest absolute Gasteiger partial charge is 0.326 e. The maximum absolute atomic E-state index is 12.9. The maximum atomic E-state index is 12.9. The number of Topliss-reactive ketones (excluding diaryl/α,β-unsaturated/α-hetero) is 1. The van der Waals surface area contributed by atoms with Crippen LogP contribution in [0.4, 0.5) is 0 Å². The Kier molecular flexibility index (Phi) is 6.85. The molecule has 0 spiro atoms. The Morgan fingerprint density at radius 3 is 2.31 bits per heavy atom. The van der Waals surface area contributed by atoms with Gasteiger partial charge in [-0.15, -0.1) is 0 Å². The van der Waals surface area contributed by atoms with Crippen LogP contribution in [-0.2, 0) is 9.53 Å². The Morgan fingerprint density at radius 1 is 1.00 bits per heavy atom. The molecule has 0 aliphatic rings. The number of halogens is 2. The van der Waals surface area contributed by atoms with Crippen molar-refractivity contribution in [1.82, 2.24) is 5.32 Å². The molecule has 29 heavy (non-hydrogen) atoms. The summed E-state index contributed by atoms with van der Waals surface area (Å²) in [5, 5.41) is 2.88. The number of nitrogens with one attached hydrogen (secondary N) is 1. The van der Waals surface area contributed by atoms with E-state index in [2.05, 4.69) is 21.2 Å². The van der Waals surface area contributed by atoms with Gasteiger partial charge in [-0.05, 0) is 40.2 Å². The van der Waals surface area contributed by atoms with Crippen LogP contribution >= 0.6 is 27.5 Å². The van der Waals surface area contributed by atoms with E-state index >= 15 is 0 Å². The third-order valence-corrected chi connectivity index (χ3v) is 4.59. The summed E-state index contributed by atoms with van der Waals surface area (Å²) in [6.45, 7) is -0.427. The highest BCUT2D eigenvalue weighted by Gasteiger charge is 2.26. The molecule has 2 aromatic carbocycles. The van der Waals surface area contributed by atoms with Gasteiger partial charge in [0.15, 0.2) is 16.5 Å². The quantitative estimate of drug-likeness (QED) is 0.398. The average molecular weight is 477 g/mol. The van der Waals surface area contributed by atoms with Gasteiger partial charge in [-0.2, -0.15) is 0 Å². The number of ketones is 1. The number of furan rings is 1. The third kappa shape index (κ3) is 5.56. The van der Waals surface area contributed by atoms with Crippen LogP contribution in [0.15, 0.2) is 75.8 Å². The Balaban J connectivity index is 1.72. The Hall–Kier alpha value is -2.90. The summed E-state index contributed by atoms with van der Waals surface area (Å²) in [5.41, 5.74) is 0.864. The molecule has 1 amide bonds. The van der Waals surface area contributed by atoms with E-state index in [0.29, 0.717) is 20.8 Å². The first kappa shape index (κ1) is 20.8. The number of carbonyl (C=O) groups is 3. The third-order valence-electron chi connectivity index (χ3n) is 3.91. The number of carbonyl (C=O) groups excluding carboxylic acids is 3. The van der Waals surface area contributed by atoms with E-state index in [0.717, 1.165) is 0 Å². The second kappa shape index (κ2) is 9.54. The molecule has 6 nitrogen and oxygen atoms in total. The molecule has 8 heteroatoms. The number of ether oxygens (including phenoxy) is 1. The van der Waals surface area contributed by atoms with Crippen LogP contribution in [0.3, 0.4) is 0 Å². The highest BCUT2D eigenvalue weighted by atomic mass is 79.9. The first-order chi connectivity index (χ1) is 13.9. The van der Waals surface area contributed by atoms with Crippen molar-refractivity contribution in [3.63, 3.8) is 0 Å². The molecule has 0 radical (unpaired) electrons. The summed E-state index contributed by atoms with van der Waals surface area (Å²) in [6.07, 6.45) is -1.17. The number of hydrogen-bond donors (Lipinski definition) is 1. The van der Waals surface area contributed by atoms with Gasteiger partial charge in [0.1, 0.15) is 6.54 Å². The summed E-state index contributed by atoms with van der Waals surface area (Å²) in [6, 6.07) is 17.9. The van der Waals surface area contributed by atoms with Gasteiger partial charge in [0, 0.05) is 16.1 Å². The van der Waals surface area contributed by atoms with Crippen molar-refractivity contribution in [2.75, 3.05) is 6.54 Å². The van der Waals surface area contributed by atoms with Crippen molar-refractivity contribution in [2.45, 2.75) is 6.10 Å². The van der Waals surface area contributed by atoms with Gasteiger partial charge in [0.25, 0.3) is 5.91 Å². The lowest BCUT2D eigenvalue weighted by Crippen LogP contribution is -2.32. The molecule has 1 N–H and O–H groups in total. The molecule has 1 atom stereocenters. The van der Waals surface area contributed by atoms with Crippen LogP contribution in [-0.4, -0.2) is 24.2 Å². The maximum Gasteiger partial charge on any atom is 0.326 e. The monoisotopic (exact) mass is 475 g/mol. The predicted molar refractivity (Wildman–Crippen MR) is 110 cm³/mol. The summed E-state index contributed by atoms with van der Waals surface area (Å²) in [5.74, 6) is -1.69. The minimum absolute atomic E-state index is 0.0410. The van der Waals surface area contributed by atoms with Gasteiger partial charge < -0.3 is 14.5 Å². The molecule has 3 rings (SSSR count). The molecular formula is C21H15BrClNO5. The molecule has 0 saturated heterocycles. The first-order valence-corrected chi connectivity index (χ1v) is 9.69. The summed E-state index contributed by atoms with van der Waals surface area (Å²) < 4.78 is 10.9. The van der Waals surface area contributed by atoms with E-state index < -0.39 is 24.5 Å². The van der Waals surface area contributed by atoms with Gasteiger partial charge in [-0.25, -0.2) is 0 Å². The number of amides is 1. The highest BCUT2D eigenvalue weighted by molar-refractivity contribution is 9.10. The molecule has 1 aromatic heterocycles. The largest absolute Gasteiger partial charge is 0.448 e. The van der Waals surface area contributed by atoms with Crippen molar-refractivity contribution >= 4 is 45.2 Å². The Bertz CT molecular complexity index is 1020. The molecule has 1 unspecified atom stereocenters. The standard InChI is InChI=1S/C21H15BrClNO5/c22-17-11-10-16(28-17)21(27)24-12-18(25)29-20(14-6-8-15(23)9-7-14)19(26)13-4-2-1-3-5-13/h1-11,20H,12H2,(H,24,27). The topological polar surface area (TPSA) is 85.6 Å². The summed E-state index contributed by atoms with van der Waals surface area (Å²) in [7, 11) is 0. The van der Waals surface area contributed by atoms with Gasteiger partial charge in [0.2, 0.25) is 5.78 Å². The zero-order valence-corrected chi connectivity index (χ0v) is 17.3. The fourth-order valence-corrected chi connectivity index (χ4v) is 2.95. The lowest BCUT2D eigenvalue weighted by atomic mass is 10.00. The van der Waals surface area contributed by atoms with Crippen molar-refractivity contribution in [2.24, 2.45) is 0 Å². The van der Waals surface area contributed by atoms with Gasteiger partial charge in [-0.1, -0.05) is 54.1 Å². The van der Waals surface area contributed by atoms with Crippen LogP contribution in [0.25, 0.3) is 0 Å². The normalized spacial score (nSPS) is 11.5. The van der Waals surface area contributed by atoms with Gasteiger partial charge in [0.05, 0.1) is 0 Å². The zero-order valence-electron chi connectivity index (χ0n) is 14.9. The fraction of sp³-hybridized carbons (Fsp3) is 0.0952. The van der Waals surface area contributed by atoms with Crippen LogP contribution in [0.2, 0.25) is 5.02 Å². The van der Waals surface area contributed by atoms with E-state index in [-0.39, 0.29) is 11.5 Å². The Labute approximate surface area is 179 Å². The molecule has 0 aliphatic carbocycles. The van der Waals surface area contributed by atoms with E-state index in [1.807, 2.05) is 0 Å². The van der Waals surface area contributed by atoms with Gasteiger partial charge >= 0.3 is 5.97 Å². The zero-order chi connectivity index (χ0) is 20.8. The minimum atomic E-state index is -1.17. The molecule has 148 valence electrons. The van der Waals surface area contributed by atoms with E-state index in [9.17, 15) is 14.4 Å². The molecule has 0 saturated carbocycles. The van der Waals surface area contributed by atoms with Crippen molar-refractivity contribution in [1.29, 1.82) is 0 Å². The van der Waals surface area contributed by atoms with Crippen molar-refractivity contribution < 1.29 is 23.5 Å². The molecule has 0 aliphatic heterocycles. The Morgan fingerprint density at radius 2 is 1.69 bits per heavy atom. The second-order valence-electron chi connectivity index (χ2n) is 5.94. The lowest BCUT2D eigenvalue weighted by molar-refractivity contribution is -0.146. The molecular weight excluding hydrogens is 462 g/mol. The molecule has 1 heterocycles. The van der Waals surface area contributed by atoms with Gasteiger partial charge in [-0.3, -0.25) is 14.4 Å². The summed E-state index contributed by atoms with van der Waals surface area (Å²) in [4.78, 5) is 37.2. The molecule has 0 bridgehead atoms. The fourth-order valence-electron chi connectivity index (χ4n) is 2.51.